The van der Waals surface area contributed by atoms with Crippen molar-refractivity contribution in [2.24, 2.45) is 0 Å². The molecule has 92 valence electrons. The Kier molecular flexibility index (Phi) is 3.50. The van der Waals surface area contributed by atoms with Crippen LogP contribution in [-0.2, 0) is 5.41 Å². The van der Waals surface area contributed by atoms with E-state index in [1.165, 1.54) is 10.1 Å². The Labute approximate surface area is 106 Å². The topological polar surface area (TPSA) is 12.0 Å². The van der Waals surface area contributed by atoms with Gasteiger partial charge in [-0.3, -0.25) is 4.39 Å². The first-order valence-electron chi connectivity index (χ1n) is 5.83. The standard InChI is InChI=1S/C14H18FNS/c1-10(16-3)14(2,9-15)12-4-5-13-11(8-12)6-7-17-13/h4-8,10,16H,9H2,1-3H3. The van der Waals surface area contributed by atoms with Crippen LogP contribution in [0.5, 0.6) is 0 Å². The summed E-state index contributed by atoms with van der Waals surface area (Å²) < 4.78 is 14.7. The molecular formula is C14H18FNS. The van der Waals surface area contributed by atoms with Crippen molar-refractivity contribution >= 4 is 21.4 Å². The van der Waals surface area contributed by atoms with Crippen LogP contribution in [-0.4, -0.2) is 19.8 Å². The van der Waals surface area contributed by atoms with Gasteiger partial charge in [0, 0.05) is 16.2 Å². The largest absolute Gasteiger partial charge is 0.316 e. The minimum atomic E-state index is -0.467. The Hall–Kier alpha value is -0.930. The highest BCUT2D eigenvalue weighted by molar-refractivity contribution is 7.17. The fraction of sp³-hybridized carbons (Fsp3) is 0.429. The van der Waals surface area contributed by atoms with Gasteiger partial charge in [-0.15, -0.1) is 11.3 Å². The highest BCUT2D eigenvalue weighted by atomic mass is 32.1. The maximum atomic E-state index is 13.5. The molecule has 2 unspecified atom stereocenters. The lowest BCUT2D eigenvalue weighted by Crippen LogP contribution is -2.44. The number of alkyl halides is 1. The smallest absolute Gasteiger partial charge is 0.100 e. The molecule has 0 spiro atoms. The monoisotopic (exact) mass is 251 g/mol. The Bertz CT molecular complexity index is 508. The van der Waals surface area contributed by atoms with Gasteiger partial charge in [0.05, 0.1) is 0 Å². The van der Waals surface area contributed by atoms with E-state index >= 15 is 0 Å². The fourth-order valence-corrected chi connectivity index (χ4v) is 2.85. The molecule has 1 aromatic carbocycles. The van der Waals surface area contributed by atoms with E-state index in [-0.39, 0.29) is 12.7 Å². The molecular weight excluding hydrogens is 233 g/mol. The number of hydrogen-bond donors (Lipinski definition) is 1. The third kappa shape index (κ3) is 2.09. The van der Waals surface area contributed by atoms with Gasteiger partial charge in [0.2, 0.25) is 0 Å². The third-order valence-electron chi connectivity index (χ3n) is 3.78. The van der Waals surface area contributed by atoms with Gasteiger partial charge in [-0.1, -0.05) is 13.0 Å². The van der Waals surface area contributed by atoms with E-state index in [0.717, 1.165) is 5.56 Å². The molecule has 17 heavy (non-hydrogen) atoms. The van der Waals surface area contributed by atoms with Crippen LogP contribution < -0.4 is 5.32 Å². The SMILES string of the molecule is CNC(C)C(C)(CF)c1ccc2sccc2c1. The number of nitrogens with one attached hydrogen (secondary N) is 1. The molecule has 0 aliphatic carbocycles. The van der Waals surface area contributed by atoms with Gasteiger partial charge < -0.3 is 5.32 Å². The van der Waals surface area contributed by atoms with E-state index in [1.54, 1.807) is 11.3 Å². The molecule has 0 saturated carbocycles. The highest BCUT2D eigenvalue weighted by Gasteiger charge is 2.32. The van der Waals surface area contributed by atoms with Crippen molar-refractivity contribution in [1.82, 2.24) is 5.32 Å². The van der Waals surface area contributed by atoms with Gasteiger partial charge >= 0.3 is 0 Å². The van der Waals surface area contributed by atoms with Crippen LogP contribution in [0.4, 0.5) is 4.39 Å². The fourth-order valence-electron chi connectivity index (χ4n) is 2.08. The van der Waals surface area contributed by atoms with E-state index in [2.05, 4.69) is 28.9 Å². The first-order chi connectivity index (χ1) is 8.11. The van der Waals surface area contributed by atoms with E-state index in [1.807, 2.05) is 27.0 Å². The molecule has 0 aliphatic heterocycles. The average molecular weight is 251 g/mol. The number of likely N-dealkylation sites (N-methyl/N-ethyl adjacent to an activating group) is 1. The van der Waals surface area contributed by atoms with Crippen LogP contribution in [0.2, 0.25) is 0 Å². The second-order valence-corrected chi connectivity index (χ2v) is 5.68. The Balaban J connectivity index is 2.48. The molecule has 0 radical (unpaired) electrons. The van der Waals surface area contributed by atoms with Crippen LogP contribution in [0, 0.1) is 0 Å². The van der Waals surface area contributed by atoms with Gasteiger partial charge in [-0.2, -0.15) is 0 Å². The molecule has 0 bridgehead atoms. The average Bonchev–Trinajstić information content (AvgIpc) is 2.83. The summed E-state index contributed by atoms with van der Waals surface area (Å²) in [5, 5.41) is 6.44. The number of thiophene rings is 1. The van der Waals surface area contributed by atoms with Crippen molar-refractivity contribution in [3.63, 3.8) is 0 Å². The first kappa shape index (κ1) is 12.5. The third-order valence-corrected chi connectivity index (χ3v) is 4.68. The van der Waals surface area contributed by atoms with Crippen molar-refractivity contribution in [3.8, 4) is 0 Å². The van der Waals surface area contributed by atoms with Gasteiger partial charge in [0.1, 0.15) is 6.67 Å². The summed E-state index contributed by atoms with van der Waals surface area (Å²) in [5.41, 5.74) is 0.595. The zero-order valence-corrected chi connectivity index (χ0v) is 11.3. The summed E-state index contributed by atoms with van der Waals surface area (Å²) >= 11 is 1.72. The van der Waals surface area contributed by atoms with Gasteiger partial charge in [0.25, 0.3) is 0 Å². The molecule has 1 N–H and O–H groups in total. The molecule has 0 saturated heterocycles. The Morgan fingerprint density at radius 1 is 1.41 bits per heavy atom. The zero-order chi connectivity index (χ0) is 12.5. The lowest BCUT2D eigenvalue weighted by atomic mass is 9.77. The molecule has 2 atom stereocenters. The Morgan fingerprint density at radius 3 is 2.82 bits per heavy atom. The number of rotatable bonds is 4. The molecule has 1 heterocycles. The predicted molar refractivity (Wildman–Crippen MR) is 73.7 cm³/mol. The van der Waals surface area contributed by atoms with Crippen LogP contribution >= 0.6 is 11.3 Å². The van der Waals surface area contributed by atoms with Crippen molar-refractivity contribution < 1.29 is 4.39 Å². The summed E-state index contributed by atoms with van der Waals surface area (Å²) in [4.78, 5) is 0. The van der Waals surface area contributed by atoms with Crippen molar-refractivity contribution in [3.05, 3.63) is 35.2 Å². The van der Waals surface area contributed by atoms with E-state index in [9.17, 15) is 4.39 Å². The lowest BCUT2D eigenvalue weighted by Gasteiger charge is -2.33. The maximum Gasteiger partial charge on any atom is 0.100 e. The van der Waals surface area contributed by atoms with Gasteiger partial charge in [0.15, 0.2) is 0 Å². The number of halogens is 1. The van der Waals surface area contributed by atoms with Crippen LogP contribution in [0.1, 0.15) is 19.4 Å². The van der Waals surface area contributed by atoms with Crippen LogP contribution in [0.25, 0.3) is 10.1 Å². The predicted octanol–water partition coefficient (Wildman–Crippen LogP) is 3.74. The van der Waals surface area contributed by atoms with Crippen LogP contribution in [0.3, 0.4) is 0 Å². The van der Waals surface area contributed by atoms with Crippen molar-refractivity contribution in [2.75, 3.05) is 13.7 Å². The molecule has 3 heteroatoms. The zero-order valence-electron chi connectivity index (χ0n) is 10.5. The summed E-state index contributed by atoms with van der Waals surface area (Å²) in [7, 11) is 1.88. The summed E-state index contributed by atoms with van der Waals surface area (Å²) in [6.07, 6.45) is 0. The number of benzene rings is 1. The summed E-state index contributed by atoms with van der Waals surface area (Å²) in [5.74, 6) is 0. The van der Waals surface area contributed by atoms with Gasteiger partial charge in [-0.05, 0) is 48.5 Å². The normalized spacial score (nSPS) is 16.9. The molecule has 2 rings (SSSR count). The van der Waals surface area contributed by atoms with E-state index < -0.39 is 5.41 Å². The first-order valence-corrected chi connectivity index (χ1v) is 6.71. The highest BCUT2D eigenvalue weighted by Crippen LogP contribution is 2.32. The summed E-state index contributed by atoms with van der Waals surface area (Å²) in [6, 6.07) is 8.44. The molecule has 0 fully saturated rings. The second kappa shape index (κ2) is 4.75. The van der Waals surface area contributed by atoms with Crippen molar-refractivity contribution in [1.29, 1.82) is 0 Å². The molecule has 1 aromatic heterocycles. The second-order valence-electron chi connectivity index (χ2n) is 4.73. The van der Waals surface area contributed by atoms with E-state index in [0.29, 0.717) is 0 Å². The molecule has 1 nitrogen and oxygen atoms in total. The maximum absolute atomic E-state index is 13.5. The van der Waals surface area contributed by atoms with Crippen LogP contribution in [0.15, 0.2) is 29.6 Å². The molecule has 2 aromatic rings. The number of fused-ring (bicyclic) bond motifs is 1. The minimum Gasteiger partial charge on any atom is -0.316 e. The molecule has 0 aliphatic rings. The van der Waals surface area contributed by atoms with E-state index in [4.69, 9.17) is 0 Å². The number of hydrogen-bond acceptors (Lipinski definition) is 2. The summed E-state index contributed by atoms with van der Waals surface area (Å²) in [6.45, 7) is 3.64. The Morgan fingerprint density at radius 2 is 2.18 bits per heavy atom. The quantitative estimate of drug-likeness (QED) is 0.873. The molecule has 0 amide bonds. The minimum absolute atomic E-state index is 0.101. The van der Waals surface area contributed by atoms with Gasteiger partial charge in [-0.25, -0.2) is 0 Å². The van der Waals surface area contributed by atoms with Crippen molar-refractivity contribution in [2.45, 2.75) is 25.3 Å². The lowest BCUT2D eigenvalue weighted by molar-refractivity contribution is 0.266.